The summed E-state index contributed by atoms with van der Waals surface area (Å²) in [5.41, 5.74) is 0.765. The molecule has 1 aromatic rings. The lowest BCUT2D eigenvalue weighted by atomic mass is 9.93. The molecule has 0 spiro atoms. The zero-order chi connectivity index (χ0) is 10.1. The van der Waals surface area contributed by atoms with Crippen molar-refractivity contribution in [1.29, 1.82) is 0 Å². The molecular formula is C9H14F2N2. The minimum atomic E-state index is -2.34. The third-order valence-corrected chi connectivity index (χ3v) is 1.73. The van der Waals surface area contributed by atoms with E-state index in [2.05, 4.69) is 5.10 Å². The van der Waals surface area contributed by atoms with Gasteiger partial charge in [0.05, 0.1) is 5.69 Å². The second kappa shape index (κ2) is 3.44. The predicted molar refractivity (Wildman–Crippen MR) is 46.9 cm³/mol. The molecule has 0 unspecified atom stereocenters. The van der Waals surface area contributed by atoms with E-state index in [9.17, 15) is 8.78 Å². The van der Waals surface area contributed by atoms with E-state index in [-0.39, 0.29) is 12.0 Å². The lowest BCUT2D eigenvalue weighted by molar-refractivity contribution is 0.121. The molecule has 0 aromatic carbocycles. The molecule has 0 atom stereocenters. The van der Waals surface area contributed by atoms with E-state index >= 15 is 0 Å². The van der Waals surface area contributed by atoms with Crippen molar-refractivity contribution in [3.8, 4) is 0 Å². The first-order valence-corrected chi connectivity index (χ1v) is 4.21. The van der Waals surface area contributed by atoms with E-state index < -0.39 is 6.43 Å². The van der Waals surface area contributed by atoms with Crippen molar-refractivity contribution < 1.29 is 8.78 Å². The Hall–Kier alpha value is -0.930. The zero-order valence-corrected chi connectivity index (χ0v) is 8.09. The second-order valence-corrected chi connectivity index (χ2v) is 4.06. The van der Waals surface area contributed by atoms with Gasteiger partial charge in [0.1, 0.15) is 6.54 Å². The molecule has 0 saturated heterocycles. The number of nitrogens with zero attached hydrogens (tertiary/aromatic N) is 2. The van der Waals surface area contributed by atoms with Crippen LogP contribution in [0.25, 0.3) is 0 Å². The fraction of sp³-hybridized carbons (Fsp3) is 0.667. The van der Waals surface area contributed by atoms with Gasteiger partial charge in [-0.25, -0.2) is 8.78 Å². The Balaban J connectivity index is 2.75. The van der Waals surface area contributed by atoms with Gasteiger partial charge in [0.25, 0.3) is 6.43 Å². The van der Waals surface area contributed by atoms with Gasteiger partial charge in [-0.05, 0) is 6.07 Å². The molecule has 0 aliphatic rings. The van der Waals surface area contributed by atoms with Crippen LogP contribution in [0.1, 0.15) is 26.5 Å². The summed E-state index contributed by atoms with van der Waals surface area (Å²) in [5, 5.41) is 4.06. The van der Waals surface area contributed by atoms with Gasteiger partial charge in [0.2, 0.25) is 0 Å². The van der Waals surface area contributed by atoms with Crippen molar-refractivity contribution in [2.75, 3.05) is 0 Å². The fourth-order valence-electron chi connectivity index (χ4n) is 1.00. The van der Waals surface area contributed by atoms with Crippen LogP contribution in [-0.2, 0) is 12.0 Å². The quantitative estimate of drug-likeness (QED) is 0.697. The highest BCUT2D eigenvalue weighted by Crippen LogP contribution is 2.19. The summed E-state index contributed by atoms with van der Waals surface area (Å²) in [6, 6.07) is 1.78. The number of rotatable bonds is 2. The SMILES string of the molecule is CC(C)(C)c1ccn(CC(F)F)n1. The maximum atomic E-state index is 12.0. The highest BCUT2D eigenvalue weighted by atomic mass is 19.3. The molecule has 4 heteroatoms. The summed E-state index contributed by atoms with van der Waals surface area (Å²) in [4.78, 5) is 0. The van der Waals surface area contributed by atoms with Crippen molar-refractivity contribution in [3.63, 3.8) is 0 Å². The molecule has 0 fully saturated rings. The smallest absolute Gasteiger partial charge is 0.257 e. The van der Waals surface area contributed by atoms with Crippen molar-refractivity contribution in [1.82, 2.24) is 9.78 Å². The molecule has 1 heterocycles. The monoisotopic (exact) mass is 188 g/mol. The normalized spacial score (nSPS) is 12.5. The molecule has 0 bridgehead atoms. The van der Waals surface area contributed by atoms with Crippen LogP contribution < -0.4 is 0 Å². The van der Waals surface area contributed by atoms with Crippen molar-refractivity contribution in [2.24, 2.45) is 0 Å². The lowest BCUT2D eigenvalue weighted by Crippen LogP contribution is -2.14. The number of alkyl halides is 2. The molecule has 0 radical (unpaired) electrons. The van der Waals surface area contributed by atoms with E-state index in [1.54, 1.807) is 12.3 Å². The Labute approximate surface area is 76.6 Å². The first-order valence-electron chi connectivity index (χ1n) is 4.21. The number of halogens is 2. The summed E-state index contributed by atoms with van der Waals surface area (Å²) in [5.74, 6) is 0. The Morgan fingerprint density at radius 2 is 2.08 bits per heavy atom. The molecule has 0 N–H and O–H groups in total. The lowest BCUT2D eigenvalue weighted by Gasteiger charge is -2.14. The van der Waals surface area contributed by atoms with E-state index in [0.29, 0.717) is 0 Å². The Morgan fingerprint density at radius 1 is 1.46 bits per heavy atom. The molecule has 0 saturated carbocycles. The Kier molecular flexibility index (Phi) is 2.68. The third kappa shape index (κ3) is 2.79. The van der Waals surface area contributed by atoms with Crippen LogP contribution in [0.5, 0.6) is 0 Å². The largest absolute Gasteiger partial charge is 0.267 e. The number of aromatic nitrogens is 2. The van der Waals surface area contributed by atoms with Gasteiger partial charge in [-0.1, -0.05) is 20.8 Å². The summed E-state index contributed by atoms with van der Waals surface area (Å²) < 4.78 is 25.2. The second-order valence-electron chi connectivity index (χ2n) is 4.06. The minimum absolute atomic E-state index is 0.0760. The summed E-state index contributed by atoms with van der Waals surface area (Å²) >= 11 is 0. The first kappa shape index (κ1) is 10.2. The predicted octanol–water partition coefficient (Wildman–Crippen LogP) is 2.45. The van der Waals surface area contributed by atoms with Gasteiger partial charge in [0.15, 0.2) is 0 Å². The van der Waals surface area contributed by atoms with E-state index in [1.807, 2.05) is 20.8 Å². The van der Waals surface area contributed by atoms with Gasteiger partial charge >= 0.3 is 0 Å². The summed E-state index contributed by atoms with van der Waals surface area (Å²) in [7, 11) is 0. The molecule has 74 valence electrons. The topological polar surface area (TPSA) is 17.8 Å². The average molecular weight is 188 g/mol. The number of hydrogen-bond acceptors (Lipinski definition) is 1. The Bertz CT molecular complexity index is 273. The van der Waals surface area contributed by atoms with Gasteiger partial charge in [-0.2, -0.15) is 5.10 Å². The van der Waals surface area contributed by atoms with E-state index in [1.165, 1.54) is 4.68 Å². The molecule has 1 rings (SSSR count). The van der Waals surface area contributed by atoms with Crippen LogP contribution in [0.2, 0.25) is 0 Å². The van der Waals surface area contributed by atoms with Crippen LogP contribution in [0.4, 0.5) is 8.78 Å². The zero-order valence-electron chi connectivity index (χ0n) is 8.09. The van der Waals surface area contributed by atoms with Crippen LogP contribution in [0.3, 0.4) is 0 Å². The van der Waals surface area contributed by atoms with Gasteiger partial charge in [0, 0.05) is 11.6 Å². The standard InChI is InChI=1S/C9H14F2N2/c1-9(2,3)7-4-5-13(12-7)6-8(10)11/h4-5,8H,6H2,1-3H3. The molecule has 0 aliphatic heterocycles. The van der Waals surface area contributed by atoms with Crippen LogP contribution in [0.15, 0.2) is 12.3 Å². The minimum Gasteiger partial charge on any atom is -0.267 e. The van der Waals surface area contributed by atoms with Crippen molar-refractivity contribution in [3.05, 3.63) is 18.0 Å². The number of hydrogen-bond donors (Lipinski definition) is 0. The van der Waals surface area contributed by atoms with Gasteiger partial charge < -0.3 is 0 Å². The fourth-order valence-corrected chi connectivity index (χ4v) is 1.00. The maximum Gasteiger partial charge on any atom is 0.257 e. The molecule has 13 heavy (non-hydrogen) atoms. The molecule has 0 aliphatic carbocycles. The molecule has 1 aromatic heterocycles. The van der Waals surface area contributed by atoms with Gasteiger partial charge in [-0.3, -0.25) is 4.68 Å². The van der Waals surface area contributed by atoms with E-state index in [4.69, 9.17) is 0 Å². The van der Waals surface area contributed by atoms with Crippen LogP contribution in [-0.4, -0.2) is 16.2 Å². The maximum absolute atomic E-state index is 12.0. The van der Waals surface area contributed by atoms with Crippen molar-refractivity contribution in [2.45, 2.75) is 39.2 Å². The van der Waals surface area contributed by atoms with Crippen molar-refractivity contribution >= 4 is 0 Å². The Morgan fingerprint density at radius 3 is 2.46 bits per heavy atom. The van der Waals surface area contributed by atoms with Crippen LogP contribution in [0, 0.1) is 0 Å². The third-order valence-electron chi connectivity index (χ3n) is 1.73. The molecular weight excluding hydrogens is 174 g/mol. The summed E-state index contributed by atoms with van der Waals surface area (Å²) in [6.45, 7) is 5.68. The highest BCUT2D eigenvalue weighted by molar-refractivity contribution is 5.10. The average Bonchev–Trinajstić information content (AvgIpc) is 2.32. The van der Waals surface area contributed by atoms with Gasteiger partial charge in [-0.15, -0.1) is 0 Å². The molecule has 0 amide bonds. The first-order chi connectivity index (χ1) is 5.89. The highest BCUT2D eigenvalue weighted by Gasteiger charge is 2.17. The van der Waals surface area contributed by atoms with E-state index in [0.717, 1.165) is 5.69 Å². The molecule has 2 nitrogen and oxygen atoms in total. The van der Waals surface area contributed by atoms with Crippen LogP contribution >= 0.6 is 0 Å². The summed E-state index contributed by atoms with van der Waals surface area (Å²) in [6.07, 6.45) is -0.750.